The predicted molar refractivity (Wildman–Crippen MR) is 47.3 cm³/mol. The second kappa shape index (κ2) is 3.14. The number of aromatic nitrogens is 2. The Morgan fingerprint density at radius 2 is 2.38 bits per heavy atom. The van der Waals surface area contributed by atoms with Gasteiger partial charge in [-0.2, -0.15) is 0 Å². The Labute approximate surface area is 75.5 Å². The van der Waals surface area contributed by atoms with Crippen molar-refractivity contribution in [2.45, 2.75) is 19.4 Å². The lowest BCUT2D eigenvalue weighted by Crippen LogP contribution is -2.33. The maximum absolute atomic E-state index is 10.3. The SMILES string of the molecule is CC(C)(CN)n1cnc([N+](=O)[O-])c1. The van der Waals surface area contributed by atoms with Crippen LogP contribution in [0.2, 0.25) is 0 Å². The van der Waals surface area contributed by atoms with Gasteiger partial charge in [0.15, 0.2) is 0 Å². The summed E-state index contributed by atoms with van der Waals surface area (Å²) in [5.74, 6) is -0.151. The molecule has 0 saturated heterocycles. The number of nitrogens with zero attached hydrogens (tertiary/aromatic N) is 3. The summed E-state index contributed by atoms with van der Waals surface area (Å²) in [6, 6.07) is 0. The molecule has 6 heteroatoms. The third-order valence-electron chi connectivity index (χ3n) is 1.95. The number of imidazole rings is 1. The molecule has 0 fully saturated rings. The molecule has 1 heterocycles. The molecule has 1 aromatic heterocycles. The minimum absolute atomic E-state index is 0.151. The number of hydrogen-bond donors (Lipinski definition) is 1. The van der Waals surface area contributed by atoms with Gasteiger partial charge in [0.2, 0.25) is 6.33 Å². The first-order valence-corrected chi connectivity index (χ1v) is 3.86. The highest BCUT2D eigenvalue weighted by atomic mass is 16.6. The van der Waals surface area contributed by atoms with Gasteiger partial charge in [0.05, 0.1) is 5.54 Å². The van der Waals surface area contributed by atoms with E-state index in [1.807, 2.05) is 13.8 Å². The summed E-state index contributed by atoms with van der Waals surface area (Å²) < 4.78 is 1.64. The minimum Gasteiger partial charge on any atom is -0.358 e. The van der Waals surface area contributed by atoms with Crippen LogP contribution in [0, 0.1) is 10.1 Å². The molecule has 2 N–H and O–H groups in total. The van der Waals surface area contributed by atoms with Gasteiger partial charge in [0, 0.05) is 6.54 Å². The third-order valence-corrected chi connectivity index (χ3v) is 1.95. The number of rotatable bonds is 3. The average molecular weight is 184 g/mol. The molecule has 0 unspecified atom stereocenters. The zero-order valence-corrected chi connectivity index (χ0v) is 7.60. The molecule has 0 saturated carbocycles. The monoisotopic (exact) mass is 184 g/mol. The molecule has 1 rings (SSSR count). The van der Waals surface area contributed by atoms with E-state index in [9.17, 15) is 10.1 Å². The third kappa shape index (κ3) is 1.83. The van der Waals surface area contributed by atoms with Crippen molar-refractivity contribution >= 4 is 5.82 Å². The Bertz CT molecular complexity index is 318. The summed E-state index contributed by atoms with van der Waals surface area (Å²) in [6.45, 7) is 4.18. The Balaban J connectivity index is 2.98. The van der Waals surface area contributed by atoms with Gasteiger partial charge in [0.25, 0.3) is 0 Å². The first-order chi connectivity index (χ1) is 5.97. The lowest BCUT2D eigenvalue weighted by atomic mass is 10.1. The van der Waals surface area contributed by atoms with Crippen LogP contribution in [0.4, 0.5) is 5.82 Å². The summed E-state index contributed by atoms with van der Waals surface area (Å²) in [5.41, 5.74) is 5.17. The van der Waals surface area contributed by atoms with E-state index < -0.39 is 4.92 Å². The Morgan fingerprint density at radius 3 is 2.77 bits per heavy atom. The predicted octanol–water partition coefficient (Wildman–Crippen LogP) is 0.485. The van der Waals surface area contributed by atoms with E-state index in [0.29, 0.717) is 6.54 Å². The van der Waals surface area contributed by atoms with Crippen LogP contribution in [0.5, 0.6) is 0 Å². The molecule has 72 valence electrons. The van der Waals surface area contributed by atoms with E-state index in [1.165, 1.54) is 12.5 Å². The van der Waals surface area contributed by atoms with Gasteiger partial charge in [-0.25, -0.2) is 0 Å². The summed E-state index contributed by atoms with van der Waals surface area (Å²) >= 11 is 0. The molecule has 0 aromatic carbocycles. The maximum atomic E-state index is 10.3. The molecule has 0 spiro atoms. The Morgan fingerprint density at radius 1 is 1.77 bits per heavy atom. The normalized spacial score (nSPS) is 11.6. The Kier molecular flexibility index (Phi) is 2.33. The van der Waals surface area contributed by atoms with Crippen molar-refractivity contribution in [1.29, 1.82) is 0 Å². The van der Waals surface area contributed by atoms with E-state index in [2.05, 4.69) is 4.98 Å². The molecule has 6 nitrogen and oxygen atoms in total. The van der Waals surface area contributed by atoms with Gasteiger partial charge >= 0.3 is 5.82 Å². The van der Waals surface area contributed by atoms with Crippen LogP contribution in [0.1, 0.15) is 13.8 Å². The first-order valence-electron chi connectivity index (χ1n) is 3.86. The second-order valence-corrected chi connectivity index (χ2v) is 3.41. The zero-order chi connectivity index (χ0) is 10.1. The van der Waals surface area contributed by atoms with Crippen LogP contribution in [-0.4, -0.2) is 21.0 Å². The zero-order valence-electron chi connectivity index (χ0n) is 7.60. The first kappa shape index (κ1) is 9.66. The topological polar surface area (TPSA) is 87.0 Å². The Hall–Kier alpha value is -1.43. The van der Waals surface area contributed by atoms with Crippen LogP contribution >= 0.6 is 0 Å². The van der Waals surface area contributed by atoms with Crippen LogP contribution < -0.4 is 5.73 Å². The van der Waals surface area contributed by atoms with Crippen molar-refractivity contribution in [1.82, 2.24) is 9.55 Å². The second-order valence-electron chi connectivity index (χ2n) is 3.41. The van der Waals surface area contributed by atoms with Crippen LogP contribution in [0.25, 0.3) is 0 Å². The van der Waals surface area contributed by atoms with E-state index >= 15 is 0 Å². The molecule has 0 radical (unpaired) electrons. The smallest absolute Gasteiger partial charge is 0.358 e. The highest BCUT2D eigenvalue weighted by molar-refractivity contribution is 5.14. The average Bonchev–Trinajstić information content (AvgIpc) is 2.52. The van der Waals surface area contributed by atoms with E-state index in [0.717, 1.165) is 0 Å². The fourth-order valence-corrected chi connectivity index (χ4v) is 0.843. The largest absolute Gasteiger partial charge is 0.381 e. The van der Waals surface area contributed by atoms with Gasteiger partial charge in [-0.3, -0.25) is 0 Å². The van der Waals surface area contributed by atoms with Crippen molar-refractivity contribution in [2.24, 2.45) is 5.73 Å². The summed E-state index contributed by atoms with van der Waals surface area (Å²) in [7, 11) is 0. The van der Waals surface area contributed by atoms with Gasteiger partial charge in [-0.15, -0.1) is 0 Å². The van der Waals surface area contributed by atoms with Crippen molar-refractivity contribution in [3.8, 4) is 0 Å². The fraction of sp³-hybridized carbons (Fsp3) is 0.571. The molecule has 1 aromatic rings. The summed E-state index contributed by atoms with van der Waals surface area (Å²) in [4.78, 5) is 13.4. The van der Waals surface area contributed by atoms with Gasteiger partial charge in [-0.1, -0.05) is 0 Å². The highest BCUT2D eigenvalue weighted by Crippen LogP contribution is 2.16. The lowest BCUT2D eigenvalue weighted by molar-refractivity contribution is -0.389. The van der Waals surface area contributed by atoms with E-state index in [1.54, 1.807) is 4.57 Å². The minimum atomic E-state index is -0.525. The molecule has 0 aliphatic carbocycles. The number of nitro groups is 1. The summed E-state index contributed by atoms with van der Waals surface area (Å²) in [6.07, 6.45) is 2.80. The van der Waals surface area contributed by atoms with E-state index in [4.69, 9.17) is 5.73 Å². The molecule has 0 atom stereocenters. The molecule has 0 aliphatic heterocycles. The standard InChI is InChI=1S/C7H12N4O2/c1-7(2,4-8)10-3-6(9-5-10)11(12)13/h3,5H,4,8H2,1-2H3. The highest BCUT2D eigenvalue weighted by Gasteiger charge is 2.21. The number of hydrogen-bond acceptors (Lipinski definition) is 4. The maximum Gasteiger partial charge on any atom is 0.381 e. The fourth-order valence-electron chi connectivity index (χ4n) is 0.843. The lowest BCUT2D eigenvalue weighted by Gasteiger charge is -2.22. The molecule has 0 amide bonds. The van der Waals surface area contributed by atoms with Gasteiger partial charge in [0.1, 0.15) is 6.20 Å². The van der Waals surface area contributed by atoms with Crippen LogP contribution in [0.3, 0.4) is 0 Å². The van der Waals surface area contributed by atoms with Crippen LogP contribution in [-0.2, 0) is 5.54 Å². The molecular formula is C7H12N4O2. The van der Waals surface area contributed by atoms with E-state index in [-0.39, 0.29) is 11.4 Å². The molecule has 13 heavy (non-hydrogen) atoms. The summed E-state index contributed by atoms with van der Waals surface area (Å²) in [5, 5.41) is 10.3. The number of nitrogens with two attached hydrogens (primary N) is 1. The molecule has 0 bridgehead atoms. The van der Waals surface area contributed by atoms with Gasteiger partial charge < -0.3 is 20.4 Å². The van der Waals surface area contributed by atoms with Gasteiger partial charge in [-0.05, 0) is 23.8 Å². The van der Waals surface area contributed by atoms with Crippen molar-refractivity contribution in [3.63, 3.8) is 0 Å². The molecule has 0 aliphatic rings. The van der Waals surface area contributed by atoms with Crippen molar-refractivity contribution < 1.29 is 4.92 Å². The van der Waals surface area contributed by atoms with Crippen molar-refractivity contribution in [2.75, 3.05) is 6.54 Å². The quantitative estimate of drug-likeness (QED) is 0.546. The van der Waals surface area contributed by atoms with Crippen molar-refractivity contribution in [3.05, 3.63) is 22.6 Å². The molecular weight excluding hydrogens is 172 g/mol. The van der Waals surface area contributed by atoms with Crippen LogP contribution in [0.15, 0.2) is 12.5 Å².